The van der Waals surface area contributed by atoms with Crippen LogP contribution >= 0.6 is 24.0 Å². The molecule has 0 unspecified atom stereocenters. The first-order valence-electron chi connectivity index (χ1n) is 10.2. The smallest absolute Gasteiger partial charge is 0.191 e. The van der Waals surface area contributed by atoms with Crippen molar-refractivity contribution in [3.63, 3.8) is 0 Å². The highest BCUT2D eigenvalue weighted by Gasteiger charge is 2.12. The van der Waals surface area contributed by atoms with Gasteiger partial charge in [-0.25, -0.2) is 0 Å². The number of guanidine groups is 1. The Kier molecular flexibility index (Phi) is 14.6. The molecule has 0 aromatic heterocycles. The molecule has 1 saturated heterocycles. The Hall–Kier alpha value is -0.120. The number of nitrogens with zero attached hydrogens (tertiary/aromatic N) is 2. The van der Waals surface area contributed by atoms with E-state index < -0.39 is 0 Å². The van der Waals surface area contributed by atoms with Crippen molar-refractivity contribution in [1.29, 1.82) is 0 Å². The second-order valence-electron chi connectivity index (χ2n) is 7.07. The lowest BCUT2D eigenvalue weighted by molar-refractivity contribution is 0.0372. The van der Waals surface area contributed by atoms with Crippen molar-refractivity contribution in [2.24, 2.45) is 4.99 Å². The summed E-state index contributed by atoms with van der Waals surface area (Å²) in [7, 11) is 1.83. The molecule has 154 valence electrons. The van der Waals surface area contributed by atoms with Gasteiger partial charge in [-0.15, -0.1) is 24.0 Å². The molecule has 1 aliphatic heterocycles. The van der Waals surface area contributed by atoms with Crippen molar-refractivity contribution < 1.29 is 9.47 Å². The lowest BCUT2D eigenvalue weighted by Crippen LogP contribution is -2.40. The van der Waals surface area contributed by atoms with Crippen LogP contribution in [0.2, 0.25) is 0 Å². The van der Waals surface area contributed by atoms with E-state index in [4.69, 9.17) is 9.47 Å². The van der Waals surface area contributed by atoms with Gasteiger partial charge in [0.25, 0.3) is 0 Å². The first-order valence-corrected chi connectivity index (χ1v) is 10.2. The maximum absolute atomic E-state index is 6.01. The maximum atomic E-state index is 6.01. The Morgan fingerprint density at radius 1 is 1.04 bits per heavy atom. The quantitative estimate of drug-likeness (QED) is 0.174. The highest BCUT2D eigenvalue weighted by atomic mass is 127. The number of aliphatic imine (C=N–C) groups is 1. The number of hydrogen-bond donors (Lipinski definition) is 2. The summed E-state index contributed by atoms with van der Waals surface area (Å²) < 4.78 is 11.4. The summed E-state index contributed by atoms with van der Waals surface area (Å²) in [5.74, 6) is 0.885. The molecule has 26 heavy (non-hydrogen) atoms. The molecule has 2 aliphatic rings. The maximum Gasteiger partial charge on any atom is 0.191 e. The number of ether oxygens (including phenoxy) is 2. The summed E-state index contributed by atoms with van der Waals surface area (Å²) in [6, 6.07) is 0. The van der Waals surface area contributed by atoms with Gasteiger partial charge in [0.05, 0.1) is 25.9 Å². The summed E-state index contributed by atoms with van der Waals surface area (Å²) in [6.45, 7) is 7.66. The summed E-state index contributed by atoms with van der Waals surface area (Å²) in [6.07, 6.45) is 10.7. The van der Waals surface area contributed by atoms with Crippen LogP contribution in [0.3, 0.4) is 0 Å². The zero-order valence-electron chi connectivity index (χ0n) is 16.5. The van der Waals surface area contributed by atoms with Crippen LogP contribution in [0.25, 0.3) is 0 Å². The Morgan fingerprint density at radius 2 is 1.73 bits per heavy atom. The molecule has 1 heterocycles. The molecule has 6 nitrogen and oxygen atoms in total. The molecule has 0 atom stereocenters. The fourth-order valence-electron chi connectivity index (χ4n) is 3.52. The third kappa shape index (κ3) is 10.9. The van der Waals surface area contributed by atoms with E-state index in [1.807, 2.05) is 7.05 Å². The molecule has 2 fully saturated rings. The van der Waals surface area contributed by atoms with Gasteiger partial charge in [-0.05, 0) is 32.2 Å². The molecule has 7 heteroatoms. The van der Waals surface area contributed by atoms with Gasteiger partial charge in [0.2, 0.25) is 0 Å². The van der Waals surface area contributed by atoms with Crippen LogP contribution in [0.5, 0.6) is 0 Å². The summed E-state index contributed by atoms with van der Waals surface area (Å²) >= 11 is 0. The zero-order valence-corrected chi connectivity index (χ0v) is 18.8. The first-order chi connectivity index (χ1) is 12.4. The molecule has 0 radical (unpaired) electrons. The van der Waals surface area contributed by atoms with Crippen LogP contribution in [-0.2, 0) is 9.47 Å². The van der Waals surface area contributed by atoms with E-state index >= 15 is 0 Å². The summed E-state index contributed by atoms with van der Waals surface area (Å²) in [4.78, 5) is 6.77. The molecule has 0 amide bonds. The van der Waals surface area contributed by atoms with Crippen LogP contribution in [0.1, 0.15) is 51.4 Å². The molecule has 0 bridgehead atoms. The fourth-order valence-corrected chi connectivity index (χ4v) is 3.52. The highest BCUT2D eigenvalue weighted by molar-refractivity contribution is 14.0. The van der Waals surface area contributed by atoms with Gasteiger partial charge in [-0.3, -0.25) is 9.89 Å². The van der Waals surface area contributed by atoms with E-state index in [9.17, 15) is 0 Å². The standard InChI is InChI=1S/C19H38N4O2.HI/c1-20-19(21-10-6-7-12-23-13-16-24-17-14-23)22-11-15-25-18-8-4-2-3-5-9-18;/h18H,2-17H2,1H3,(H2,20,21,22);1H. The predicted octanol–water partition coefficient (Wildman–Crippen LogP) is 2.62. The zero-order chi connectivity index (χ0) is 17.6. The Bertz CT molecular complexity index is 357. The van der Waals surface area contributed by atoms with Gasteiger partial charge < -0.3 is 20.1 Å². The first kappa shape index (κ1) is 23.9. The SMILES string of the molecule is CN=C(NCCCCN1CCOCC1)NCCOC1CCCCCC1.I. The predicted molar refractivity (Wildman–Crippen MR) is 119 cm³/mol. The molecule has 0 aromatic rings. The molecular weight excluding hydrogens is 443 g/mol. The van der Waals surface area contributed by atoms with Crippen molar-refractivity contribution in [1.82, 2.24) is 15.5 Å². The lowest BCUT2D eigenvalue weighted by Gasteiger charge is -2.26. The number of morpholine rings is 1. The van der Waals surface area contributed by atoms with E-state index in [-0.39, 0.29) is 24.0 Å². The van der Waals surface area contributed by atoms with Crippen LogP contribution in [0, 0.1) is 0 Å². The Morgan fingerprint density at radius 3 is 2.42 bits per heavy atom. The summed E-state index contributed by atoms with van der Waals surface area (Å²) in [5, 5.41) is 6.75. The average molecular weight is 482 g/mol. The van der Waals surface area contributed by atoms with Gasteiger partial charge in [0, 0.05) is 33.2 Å². The molecule has 1 saturated carbocycles. The fraction of sp³-hybridized carbons (Fsp3) is 0.947. The second kappa shape index (κ2) is 15.9. The van der Waals surface area contributed by atoms with Crippen molar-refractivity contribution in [2.45, 2.75) is 57.5 Å². The number of halogens is 1. The number of hydrogen-bond acceptors (Lipinski definition) is 4. The third-order valence-corrected chi connectivity index (χ3v) is 5.07. The van der Waals surface area contributed by atoms with Crippen molar-refractivity contribution in [2.75, 3.05) is 59.6 Å². The normalized spacial score (nSPS) is 20.3. The third-order valence-electron chi connectivity index (χ3n) is 5.07. The largest absolute Gasteiger partial charge is 0.379 e. The van der Waals surface area contributed by atoms with E-state index in [1.54, 1.807) is 0 Å². The molecule has 1 aliphatic carbocycles. The van der Waals surface area contributed by atoms with E-state index in [1.165, 1.54) is 51.5 Å². The van der Waals surface area contributed by atoms with Crippen molar-refractivity contribution in [3.05, 3.63) is 0 Å². The van der Waals surface area contributed by atoms with Gasteiger partial charge in [-0.1, -0.05) is 25.7 Å². The van der Waals surface area contributed by atoms with Crippen LogP contribution < -0.4 is 10.6 Å². The topological polar surface area (TPSA) is 58.1 Å². The van der Waals surface area contributed by atoms with E-state index in [0.717, 1.165) is 58.4 Å². The molecule has 0 spiro atoms. The van der Waals surface area contributed by atoms with Gasteiger partial charge >= 0.3 is 0 Å². The number of unbranched alkanes of at least 4 members (excludes halogenated alkanes) is 1. The van der Waals surface area contributed by atoms with Crippen molar-refractivity contribution >= 4 is 29.9 Å². The lowest BCUT2D eigenvalue weighted by atomic mass is 10.1. The Labute approximate surface area is 176 Å². The highest BCUT2D eigenvalue weighted by Crippen LogP contribution is 2.19. The average Bonchev–Trinajstić information content (AvgIpc) is 2.93. The van der Waals surface area contributed by atoms with Gasteiger partial charge in [-0.2, -0.15) is 0 Å². The van der Waals surface area contributed by atoms with E-state index in [2.05, 4.69) is 20.5 Å². The van der Waals surface area contributed by atoms with Crippen LogP contribution in [0.15, 0.2) is 4.99 Å². The Balaban J connectivity index is 0.00000338. The number of rotatable bonds is 9. The minimum atomic E-state index is 0. The molecule has 2 rings (SSSR count). The summed E-state index contributed by atoms with van der Waals surface area (Å²) in [5.41, 5.74) is 0. The monoisotopic (exact) mass is 482 g/mol. The van der Waals surface area contributed by atoms with Crippen molar-refractivity contribution in [3.8, 4) is 0 Å². The number of nitrogens with one attached hydrogen (secondary N) is 2. The minimum absolute atomic E-state index is 0. The van der Waals surface area contributed by atoms with Gasteiger partial charge in [0.1, 0.15) is 0 Å². The minimum Gasteiger partial charge on any atom is -0.379 e. The van der Waals surface area contributed by atoms with Crippen LogP contribution in [0.4, 0.5) is 0 Å². The van der Waals surface area contributed by atoms with Gasteiger partial charge in [0.15, 0.2) is 5.96 Å². The molecule has 0 aromatic carbocycles. The molecule has 2 N–H and O–H groups in total. The molecular formula is C19H39IN4O2. The second-order valence-corrected chi connectivity index (χ2v) is 7.07. The van der Waals surface area contributed by atoms with E-state index in [0.29, 0.717) is 6.10 Å². The van der Waals surface area contributed by atoms with Crippen LogP contribution in [-0.4, -0.2) is 76.6 Å².